The topological polar surface area (TPSA) is 190 Å². The van der Waals surface area contributed by atoms with Crippen LogP contribution in [0.25, 0.3) is 0 Å². The van der Waals surface area contributed by atoms with E-state index in [1.165, 1.54) is 0 Å². The average molecular weight is 329 g/mol. The minimum atomic E-state index is -1.54. The van der Waals surface area contributed by atoms with Crippen molar-refractivity contribution < 1.29 is 29.7 Å². The van der Waals surface area contributed by atoms with Crippen LogP contribution in [0.5, 0.6) is 11.5 Å². The van der Waals surface area contributed by atoms with Crippen molar-refractivity contribution in [3.8, 4) is 11.5 Å². The van der Waals surface area contributed by atoms with Gasteiger partial charge < -0.3 is 32.5 Å². The van der Waals surface area contributed by atoms with E-state index in [1.54, 1.807) is 0 Å². The van der Waals surface area contributed by atoms with Crippen molar-refractivity contribution in [3.05, 3.63) is 39.9 Å². The molecule has 0 spiro atoms. The van der Waals surface area contributed by atoms with Gasteiger partial charge in [-0.25, -0.2) is 4.79 Å². The summed E-state index contributed by atoms with van der Waals surface area (Å²) in [4.78, 5) is 36.5. The summed E-state index contributed by atoms with van der Waals surface area (Å²) in [6.45, 7) is 0. The molecule has 0 heterocycles. The number of phenols is 2. The molecule has 0 aliphatic heterocycles. The number of ketones is 2. The van der Waals surface area contributed by atoms with Crippen molar-refractivity contribution in [2.24, 2.45) is 0 Å². The number of phenolic OH excluding ortho intramolecular Hbond substituents is 1. The molecule has 0 bridgehead atoms. The Balaban J connectivity index is 2.45. The van der Waals surface area contributed by atoms with Crippen molar-refractivity contribution >= 4 is 34.6 Å². The van der Waals surface area contributed by atoms with Gasteiger partial charge in [-0.3, -0.25) is 9.59 Å². The van der Waals surface area contributed by atoms with Gasteiger partial charge in [-0.2, -0.15) is 0 Å². The molecule has 0 saturated carbocycles. The van der Waals surface area contributed by atoms with E-state index in [9.17, 15) is 24.6 Å². The quantitative estimate of drug-likeness (QED) is 0.207. The molecule has 24 heavy (non-hydrogen) atoms. The third-order valence-electron chi connectivity index (χ3n) is 3.85. The fraction of sp³-hybridized carbons (Fsp3) is 0. The van der Waals surface area contributed by atoms with Crippen LogP contribution in [0.2, 0.25) is 0 Å². The molecule has 9 N–H and O–H groups in total. The average Bonchev–Trinajstić information content (AvgIpc) is 2.50. The molecule has 1 aliphatic rings. The van der Waals surface area contributed by atoms with Gasteiger partial charge in [0.25, 0.3) is 0 Å². The number of carbonyl (C=O) groups excluding carboxylic acids is 2. The van der Waals surface area contributed by atoms with Gasteiger partial charge in [-0.05, 0) is 12.1 Å². The number of hydrogen-bond donors (Lipinski definition) is 6. The Morgan fingerprint density at radius 1 is 0.833 bits per heavy atom. The number of aromatic carboxylic acids is 1. The predicted molar refractivity (Wildman–Crippen MR) is 83.3 cm³/mol. The first-order valence-corrected chi connectivity index (χ1v) is 6.55. The van der Waals surface area contributed by atoms with Crippen molar-refractivity contribution in [2.45, 2.75) is 0 Å². The Morgan fingerprint density at radius 2 is 1.46 bits per heavy atom. The van der Waals surface area contributed by atoms with Crippen molar-refractivity contribution in [3.63, 3.8) is 0 Å². The summed E-state index contributed by atoms with van der Waals surface area (Å²) in [6.07, 6.45) is 0. The molecule has 0 unspecified atom stereocenters. The molecule has 9 heteroatoms. The Kier molecular flexibility index (Phi) is 2.92. The lowest BCUT2D eigenvalue weighted by atomic mass is 9.80. The predicted octanol–water partition coefficient (Wildman–Crippen LogP) is 0.318. The summed E-state index contributed by atoms with van der Waals surface area (Å²) in [5.74, 6) is -4.69. The first-order chi connectivity index (χ1) is 11.2. The summed E-state index contributed by atoms with van der Waals surface area (Å²) >= 11 is 0. The number of hydrogen-bond acceptors (Lipinski definition) is 8. The highest BCUT2D eigenvalue weighted by Gasteiger charge is 2.38. The number of nitrogen functional groups attached to an aromatic ring is 3. The van der Waals surface area contributed by atoms with Crippen LogP contribution in [0.3, 0.4) is 0 Å². The van der Waals surface area contributed by atoms with Crippen LogP contribution < -0.4 is 17.2 Å². The lowest BCUT2D eigenvalue weighted by Gasteiger charge is -2.23. The number of aromatic hydroxyl groups is 2. The van der Waals surface area contributed by atoms with Gasteiger partial charge in [0.05, 0.1) is 28.1 Å². The summed E-state index contributed by atoms with van der Waals surface area (Å²) in [5, 5.41) is 29.0. The highest BCUT2D eigenvalue weighted by molar-refractivity contribution is 6.33. The van der Waals surface area contributed by atoms with Crippen molar-refractivity contribution in [1.29, 1.82) is 0 Å². The van der Waals surface area contributed by atoms with Crippen LogP contribution in [0.15, 0.2) is 12.1 Å². The fourth-order valence-electron chi connectivity index (χ4n) is 2.72. The first kappa shape index (κ1) is 15.2. The molecule has 0 amide bonds. The Hall–Kier alpha value is -3.75. The second-order valence-corrected chi connectivity index (χ2v) is 5.23. The molecule has 2 aromatic carbocycles. The summed E-state index contributed by atoms with van der Waals surface area (Å²) in [7, 11) is 0. The van der Waals surface area contributed by atoms with E-state index >= 15 is 0 Å². The number of benzene rings is 2. The van der Waals surface area contributed by atoms with Gasteiger partial charge in [0, 0.05) is 11.3 Å². The highest BCUT2D eigenvalue weighted by atomic mass is 16.4. The largest absolute Gasteiger partial charge is 0.505 e. The smallest absolute Gasteiger partial charge is 0.339 e. The zero-order valence-corrected chi connectivity index (χ0v) is 12.0. The number of rotatable bonds is 1. The second kappa shape index (κ2) is 4.62. The summed E-state index contributed by atoms with van der Waals surface area (Å²) in [5.41, 5.74) is 13.9. The minimum Gasteiger partial charge on any atom is -0.505 e. The van der Waals surface area contributed by atoms with Crippen molar-refractivity contribution in [1.82, 2.24) is 0 Å². The SMILES string of the molecule is Nc1cc(N)c2c(c1O)C(=O)c1cc(C(=O)O)c(O)c(N)c1C2=O. The molecule has 0 atom stereocenters. The second-order valence-electron chi connectivity index (χ2n) is 5.23. The minimum absolute atomic E-state index is 0.148. The van der Waals surface area contributed by atoms with Crippen LogP contribution >= 0.6 is 0 Å². The number of fused-ring (bicyclic) bond motifs is 2. The molecule has 2 aromatic rings. The Bertz CT molecular complexity index is 980. The highest BCUT2D eigenvalue weighted by Crippen LogP contribution is 2.43. The number of carboxylic acids is 1. The molecule has 0 aromatic heterocycles. The summed E-state index contributed by atoms with van der Waals surface area (Å²) in [6, 6.07) is 1.94. The lowest BCUT2D eigenvalue weighted by Crippen LogP contribution is -2.25. The Labute approximate surface area is 133 Å². The maximum Gasteiger partial charge on any atom is 0.339 e. The van der Waals surface area contributed by atoms with Gasteiger partial charge in [0.2, 0.25) is 0 Å². The molecule has 3 rings (SSSR count). The number of anilines is 3. The molecular weight excluding hydrogens is 318 g/mol. The number of nitrogens with two attached hydrogens (primary N) is 3. The van der Waals surface area contributed by atoms with E-state index in [4.69, 9.17) is 22.3 Å². The van der Waals surface area contributed by atoms with E-state index in [2.05, 4.69) is 0 Å². The van der Waals surface area contributed by atoms with E-state index < -0.39 is 45.8 Å². The van der Waals surface area contributed by atoms with Gasteiger partial charge in [-0.15, -0.1) is 0 Å². The Morgan fingerprint density at radius 3 is 2.04 bits per heavy atom. The standard InChI is InChI=1S/C15H11N3O6/c16-5-2-6(17)13(21)9-8(5)14(22)7-3(11(9)19)1-4(15(23)24)12(20)10(7)18/h1-2,20-21H,16-18H2,(H,23,24). The normalized spacial score (nSPS) is 12.7. The monoisotopic (exact) mass is 329 g/mol. The first-order valence-electron chi connectivity index (χ1n) is 6.55. The van der Waals surface area contributed by atoms with Gasteiger partial charge in [0.1, 0.15) is 5.56 Å². The van der Waals surface area contributed by atoms with Gasteiger partial charge >= 0.3 is 5.97 Å². The zero-order chi connectivity index (χ0) is 17.9. The summed E-state index contributed by atoms with van der Waals surface area (Å²) < 4.78 is 0. The molecule has 122 valence electrons. The van der Waals surface area contributed by atoms with E-state index in [1.807, 2.05) is 0 Å². The number of carbonyl (C=O) groups is 3. The molecular formula is C15H11N3O6. The van der Waals surface area contributed by atoms with Crippen molar-refractivity contribution in [2.75, 3.05) is 17.2 Å². The molecule has 9 nitrogen and oxygen atoms in total. The van der Waals surface area contributed by atoms with Gasteiger partial charge in [0.15, 0.2) is 23.1 Å². The molecule has 0 fully saturated rings. The molecule has 0 radical (unpaired) electrons. The van der Waals surface area contributed by atoms with E-state index in [0.29, 0.717) is 0 Å². The van der Waals surface area contributed by atoms with Crippen LogP contribution in [0.1, 0.15) is 42.2 Å². The third kappa shape index (κ3) is 1.72. The number of carboxylic acid groups (broad SMARTS) is 1. The lowest BCUT2D eigenvalue weighted by molar-refractivity contribution is 0.0693. The molecule has 0 saturated heterocycles. The van der Waals surface area contributed by atoms with Crippen LogP contribution in [-0.2, 0) is 0 Å². The zero-order valence-electron chi connectivity index (χ0n) is 12.0. The third-order valence-corrected chi connectivity index (χ3v) is 3.85. The van der Waals surface area contributed by atoms with E-state index in [0.717, 1.165) is 12.1 Å². The molecule has 1 aliphatic carbocycles. The maximum atomic E-state index is 12.7. The maximum absolute atomic E-state index is 12.7. The van der Waals surface area contributed by atoms with Gasteiger partial charge in [-0.1, -0.05) is 0 Å². The van der Waals surface area contributed by atoms with Crippen LogP contribution in [0, 0.1) is 0 Å². The van der Waals surface area contributed by atoms with E-state index in [-0.39, 0.29) is 28.1 Å². The fourth-order valence-corrected chi connectivity index (χ4v) is 2.72. The van der Waals surface area contributed by atoms with Crippen LogP contribution in [-0.4, -0.2) is 32.9 Å². The van der Waals surface area contributed by atoms with Crippen LogP contribution in [0.4, 0.5) is 17.1 Å².